The monoisotopic (exact) mass is 268 g/mol. The number of nitrogens with zero attached hydrogens (tertiary/aromatic N) is 3. The fourth-order valence-corrected chi connectivity index (χ4v) is 3.34. The highest BCUT2D eigenvalue weighted by Crippen LogP contribution is 2.21. The largest absolute Gasteiger partial charge is 0.357 e. The zero-order valence-electron chi connectivity index (χ0n) is 11.6. The number of likely N-dealkylation sites (tertiary alicyclic amines) is 1. The highest BCUT2D eigenvalue weighted by atomic mass is 32.1. The van der Waals surface area contributed by atoms with E-state index >= 15 is 0 Å². The van der Waals surface area contributed by atoms with E-state index in [4.69, 9.17) is 0 Å². The summed E-state index contributed by atoms with van der Waals surface area (Å²) in [5.41, 5.74) is 0. The number of anilines is 1. The summed E-state index contributed by atoms with van der Waals surface area (Å²) in [7, 11) is 0. The predicted octanol–water partition coefficient (Wildman–Crippen LogP) is 2.63. The number of piperidine rings is 1. The van der Waals surface area contributed by atoms with Crippen molar-refractivity contribution in [3.8, 4) is 0 Å². The van der Waals surface area contributed by atoms with Crippen molar-refractivity contribution in [2.45, 2.75) is 46.1 Å². The first kappa shape index (κ1) is 13.7. The van der Waals surface area contributed by atoms with Crippen molar-refractivity contribution in [2.24, 2.45) is 5.92 Å². The molecule has 18 heavy (non-hydrogen) atoms. The minimum atomic E-state index is 0.577. The van der Waals surface area contributed by atoms with Crippen molar-refractivity contribution in [1.29, 1.82) is 0 Å². The van der Waals surface area contributed by atoms with E-state index in [-0.39, 0.29) is 0 Å². The number of rotatable bonds is 5. The van der Waals surface area contributed by atoms with Gasteiger partial charge in [-0.2, -0.15) is 0 Å². The van der Waals surface area contributed by atoms with Crippen molar-refractivity contribution in [1.82, 2.24) is 15.1 Å². The van der Waals surface area contributed by atoms with E-state index in [0.717, 1.165) is 16.6 Å². The number of hydrogen-bond acceptors (Lipinski definition) is 5. The van der Waals surface area contributed by atoms with E-state index in [0.29, 0.717) is 12.0 Å². The van der Waals surface area contributed by atoms with Gasteiger partial charge >= 0.3 is 0 Å². The Hall–Kier alpha value is -0.680. The van der Waals surface area contributed by atoms with Crippen LogP contribution in [0.25, 0.3) is 0 Å². The maximum Gasteiger partial charge on any atom is 0.205 e. The summed E-state index contributed by atoms with van der Waals surface area (Å²) in [5, 5.41) is 14.2. The molecule has 0 unspecified atom stereocenters. The van der Waals surface area contributed by atoms with Gasteiger partial charge < -0.3 is 10.2 Å². The SMILES string of the molecule is CCN1CCC(Nc2nnc(CC(C)C)s2)CC1. The molecule has 5 heteroatoms. The van der Waals surface area contributed by atoms with Gasteiger partial charge in [0.25, 0.3) is 0 Å². The predicted molar refractivity (Wildman–Crippen MR) is 77.2 cm³/mol. The molecule has 2 rings (SSSR count). The molecule has 0 saturated carbocycles. The zero-order chi connectivity index (χ0) is 13.0. The Kier molecular flexibility index (Phi) is 4.95. The third-order valence-electron chi connectivity index (χ3n) is 3.41. The second-order valence-electron chi connectivity index (χ2n) is 5.45. The molecule has 1 saturated heterocycles. The first-order chi connectivity index (χ1) is 8.67. The lowest BCUT2D eigenvalue weighted by Crippen LogP contribution is -2.38. The normalized spacial score (nSPS) is 18.4. The molecule has 1 aliphatic rings. The van der Waals surface area contributed by atoms with Gasteiger partial charge in [0, 0.05) is 25.6 Å². The first-order valence-electron chi connectivity index (χ1n) is 6.98. The van der Waals surface area contributed by atoms with E-state index in [1.54, 1.807) is 11.3 Å². The molecule has 2 heterocycles. The Morgan fingerprint density at radius 2 is 2.06 bits per heavy atom. The lowest BCUT2D eigenvalue weighted by molar-refractivity contribution is 0.229. The van der Waals surface area contributed by atoms with E-state index in [1.165, 1.54) is 32.5 Å². The smallest absolute Gasteiger partial charge is 0.205 e. The Bertz CT molecular complexity index is 356. The molecule has 0 atom stereocenters. The molecule has 0 amide bonds. The van der Waals surface area contributed by atoms with Crippen LogP contribution in [0.1, 0.15) is 38.6 Å². The van der Waals surface area contributed by atoms with Crippen LogP contribution in [0.4, 0.5) is 5.13 Å². The van der Waals surface area contributed by atoms with Crippen LogP contribution in [0, 0.1) is 5.92 Å². The van der Waals surface area contributed by atoms with Crippen LogP contribution >= 0.6 is 11.3 Å². The van der Waals surface area contributed by atoms with Gasteiger partial charge in [-0.3, -0.25) is 0 Å². The molecule has 1 aromatic heterocycles. The van der Waals surface area contributed by atoms with Gasteiger partial charge in [0.2, 0.25) is 5.13 Å². The molecule has 0 spiro atoms. The molecular weight excluding hydrogens is 244 g/mol. The van der Waals surface area contributed by atoms with Crippen molar-refractivity contribution < 1.29 is 0 Å². The van der Waals surface area contributed by atoms with Gasteiger partial charge in [-0.25, -0.2) is 0 Å². The number of aromatic nitrogens is 2. The van der Waals surface area contributed by atoms with Crippen LogP contribution in [0.3, 0.4) is 0 Å². The van der Waals surface area contributed by atoms with Crippen molar-refractivity contribution in [2.75, 3.05) is 25.0 Å². The van der Waals surface area contributed by atoms with Gasteiger partial charge in [-0.05, 0) is 25.3 Å². The molecule has 0 aromatic carbocycles. The van der Waals surface area contributed by atoms with E-state index in [2.05, 4.69) is 41.2 Å². The molecule has 0 aliphatic carbocycles. The summed E-state index contributed by atoms with van der Waals surface area (Å²) >= 11 is 1.71. The van der Waals surface area contributed by atoms with Gasteiger partial charge in [-0.1, -0.05) is 32.1 Å². The Morgan fingerprint density at radius 1 is 1.33 bits per heavy atom. The lowest BCUT2D eigenvalue weighted by Gasteiger charge is -2.31. The fourth-order valence-electron chi connectivity index (χ4n) is 2.31. The minimum absolute atomic E-state index is 0.577. The summed E-state index contributed by atoms with van der Waals surface area (Å²) in [6.45, 7) is 10.2. The molecule has 0 bridgehead atoms. The average Bonchev–Trinajstić information content (AvgIpc) is 2.76. The topological polar surface area (TPSA) is 41.0 Å². The summed E-state index contributed by atoms with van der Waals surface area (Å²) in [4.78, 5) is 2.50. The Morgan fingerprint density at radius 3 is 2.67 bits per heavy atom. The Balaban J connectivity index is 1.81. The summed E-state index contributed by atoms with van der Waals surface area (Å²) in [6.07, 6.45) is 3.47. The van der Waals surface area contributed by atoms with Crippen molar-refractivity contribution in [3.05, 3.63) is 5.01 Å². The molecule has 1 aliphatic heterocycles. The second-order valence-corrected chi connectivity index (χ2v) is 6.51. The fraction of sp³-hybridized carbons (Fsp3) is 0.846. The Labute approximate surface area is 114 Å². The number of hydrogen-bond donors (Lipinski definition) is 1. The van der Waals surface area contributed by atoms with Crippen LogP contribution in [-0.4, -0.2) is 40.8 Å². The second kappa shape index (κ2) is 6.48. The highest BCUT2D eigenvalue weighted by Gasteiger charge is 2.19. The van der Waals surface area contributed by atoms with Crippen LogP contribution in [0.2, 0.25) is 0 Å². The van der Waals surface area contributed by atoms with Crippen LogP contribution in [0.15, 0.2) is 0 Å². The van der Waals surface area contributed by atoms with Crippen molar-refractivity contribution in [3.63, 3.8) is 0 Å². The zero-order valence-corrected chi connectivity index (χ0v) is 12.5. The third-order valence-corrected chi connectivity index (χ3v) is 4.29. The van der Waals surface area contributed by atoms with E-state index in [1.807, 2.05) is 0 Å². The molecule has 102 valence electrons. The van der Waals surface area contributed by atoms with Gasteiger partial charge in [0.1, 0.15) is 5.01 Å². The van der Waals surface area contributed by atoms with E-state index in [9.17, 15) is 0 Å². The maximum atomic E-state index is 4.25. The third kappa shape index (κ3) is 3.92. The molecule has 1 fully saturated rings. The number of nitrogens with one attached hydrogen (secondary N) is 1. The maximum absolute atomic E-state index is 4.25. The summed E-state index contributed by atoms with van der Waals surface area (Å²) in [6, 6.07) is 0.577. The van der Waals surface area contributed by atoms with Crippen LogP contribution < -0.4 is 5.32 Å². The average molecular weight is 268 g/mol. The quantitative estimate of drug-likeness (QED) is 0.891. The van der Waals surface area contributed by atoms with Crippen molar-refractivity contribution >= 4 is 16.5 Å². The van der Waals surface area contributed by atoms with Gasteiger partial charge in [0.05, 0.1) is 0 Å². The molecule has 0 radical (unpaired) electrons. The minimum Gasteiger partial charge on any atom is -0.357 e. The molecule has 1 aromatic rings. The van der Waals surface area contributed by atoms with Crippen LogP contribution in [0.5, 0.6) is 0 Å². The summed E-state index contributed by atoms with van der Waals surface area (Å²) < 4.78 is 0. The molecular formula is C13H24N4S. The lowest BCUT2D eigenvalue weighted by atomic mass is 10.1. The first-order valence-corrected chi connectivity index (χ1v) is 7.80. The van der Waals surface area contributed by atoms with Gasteiger partial charge in [-0.15, -0.1) is 10.2 Å². The standard InChI is InChI=1S/C13H24N4S/c1-4-17-7-5-11(6-8-17)14-13-16-15-12(18-13)9-10(2)3/h10-11H,4-9H2,1-3H3,(H,14,16). The van der Waals surface area contributed by atoms with Crippen LogP contribution in [-0.2, 0) is 6.42 Å². The molecule has 4 nitrogen and oxygen atoms in total. The van der Waals surface area contributed by atoms with Gasteiger partial charge in [0.15, 0.2) is 0 Å². The summed E-state index contributed by atoms with van der Waals surface area (Å²) in [5.74, 6) is 0.651. The van der Waals surface area contributed by atoms with E-state index < -0.39 is 0 Å². The molecule has 1 N–H and O–H groups in total. The highest BCUT2D eigenvalue weighted by molar-refractivity contribution is 7.15.